The highest BCUT2D eigenvalue weighted by molar-refractivity contribution is 6.03. The Balaban J connectivity index is 1.68. The van der Waals surface area contributed by atoms with Crippen molar-refractivity contribution in [2.75, 3.05) is 18.5 Å². The fraction of sp³-hybridized carbons (Fsp3) is 0.160. The minimum Gasteiger partial charge on any atom is -0.462 e. The Morgan fingerprint density at radius 1 is 0.774 bits per heavy atom. The number of aryl methyl sites for hydroxylation is 1. The van der Waals surface area contributed by atoms with Gasteiger partial charge in [0.15, 0.2) is 6.61 Å². The van der Waals surface area contributed by atoms with Gasteiger partial charge in [0.2, 0.25) is 0 Å². The first-order valence-electron chi connectivity index (χ1n) is 9.88. The van der Waals surface area contributed by atoms with Gasteiger partial charge in [0, 0.05) is 0 Å². The summed E-state index contributed by atoms with van der Waals surface area (Å²) in [6.07, 6.45) is 0. The first-order valence-corrected chi connectivity index (χ1v) is 9.88. The fourth-order valence-electron chi connectivity index (χ4n) is 3.02. The van der Waals surface area contributed by atoms with Gasteiger partial charge in [0.25, 0.3) is 5.91 Å². The number of ether oxygens (including phenoxy) is 2. The van der Waals surface area contributed by atoms with Gasteiger partial charge < -0.3 is 14.8 Å². The van der Waals surface area contributed by atoms with Crippen LogP contribution in [-0.2, 0) is 14.3 Å². The SMILES string of the molecule is CCOC(=O)c1ccccc1NC(=O)COC(=O)c1ccccc1-c1ccc(C)cc1. The number of nitrogens with one attached hydrogen (secondary N) is 1. The predicted octanol–water partition coefficient (Wildman–Crippen LogP) is 4.63. The number of amides is 1. The zero-order valence-electron chi connectivity index (χ0n) is 17.4. The molecule has 0 radical (unpaired) electrons. The zero-order chi connectivity index (χ0) is 22.2. The molecule has 6 heteroatoms. The van der Waals surface area contributed by atoms with E-state index in [4.69, 9.17) is 9.47 Å². The summed E-state index contributed by atoms with van der Waals surface area (Å²) in [6.45, 7) is 3.42. The molecule has 0 fully saturated rings. The second-order valence-electron chi connectivity index (χ2n) is 6.80. The smallest absolute Gasteiger partial charge is 0.340 e. The maximum absolute atomic E-state index is 12.6. The molecule has 0 unspecified atom stereocenters. The molecule has 1 N–H and O–H groups in total. The lowest BCUT2D eigenvalue weighted by Gasteiger charge is -2.12. The molecule has 31 heavy (non-hydrogen) atoms. The fourth-order valence-corrected chi connectivity index (χ4v) is 3.02. The molecule has 0 spiro atoms. The summed E-state index contributed by atoms with van der Waals surface area (Å²) in [5, 5.41) is 2.59. The lowest BCUT2D eigenvalue weighted by Crippen LogP contribution is -2.22. The first-order chi connectivity index (χ1) is 15.0. The lowest BCUT2D eigenvalue weighted by molar-refractivity contribution is -0.119. The van der Waals surface area contributed by atoms with Crippen LogP contribution in [0, 0.1) is 6.92 Å². The molecule has 6 nitrogen and oxygen atoms in total. The molecule has 3 aromatic rings. The van der Waals surface area contributed by atoms with E-state index >= 15 is 0 Å². The monoisotopic (exact) mass is 417 g/mol. The highest BCUT2D eigenvalue weighted by Gasteiger charge is 2.17. The molecule has 3 rings (SSSR count). The maximum Gasteiger partial charge on any atom is 0.340 e. The number of anilines is 1. The molecule has 0 atom stereocenters. The van der Waals surface area contributed by atoms with Gasteiger partial charge >= 0.3 is 11.9 Å². The zero-order valence-corrected chi connectivity index (χ0v) is 17.4. The van der Waals surface area contributed by atoms with Crippen LogP contribution < -0.4 is 5.32 Å². The van der Waals surface area contributed by atoms with Gasteiger partial charge in [-0.25, -0.2) is 9.59 Å². The average molecular weight is 417 g/mol. The van der Waals surface area contributed by atoms with E-state index in [2.05, 4.69) is 5.32 Å². The molecule has 0 aromatic heterocycles. The number of hydrogen-bond acceptors (Lipinski definition) is 5. The van der Waals surface area contributed by atoms with Gasteiger partial charge in [-0.05, 0) is 43.2 Å². The quantitative estimate of drug-likeness (QED) is 0.567. The minimum absolute atomic E-state index is 0.221. The van der Waals surface area contributed by atoms with Crippen molar-refractivity contribution >= 4 is 23.5 Å². The molecule has 0 aliphatic carbocycles. The van der Waals surface area contributed by atoms with Gasteiger partial charge in [0.05, 0.1) is 23.4 Å². The highest BCUT2D eigenvalue weighted by atomic mass is 16.5. The number of esters is 2. The number of carbonyl (C=O) groups excluding carboxylic acids is 3. The van der Waals surface area contributed by atoms with E-state index in [0.717, 1.165) is 16.7 Å². The van der Waals surface area contributed by atoms with Crippen molar-refractivity contribution in [3.63, 3.8) is 0 Å². The topological polar surface area (TPSA) is 81.7 Å². The summed E-state index contributed by atoms with van der Waals surface area (Å²) in [5.74, 6) is -1.70. The van der Waals surface area contributed by atoms with Crippen LogP contribution in [0.2, 0.25) is 0 Å². The van der Waals surface area contributed by atoms with E-state index in [1.807, 2.05) is 43.3 Å². The Kier molecular flexibility index (Phi) is 7.17. The van der Waals surface area contributed by atoms with Crippen molar-refractivity contribution in [1.82, 2.24) is 0 Å². The summed E-state index contributed by atoms with van der Waals surface area (Å²) in [4.78, 5) is 37.0. The molecular formula is C25H23NO5. The second kappa shape index (κ2) is 10.2. The Hall–Kier alpha value is -3.93. The predicted molar refractivity (Wildman–Crippen MR) is 118 cm³/mol. The number of rotatable bonds is 7. The second-order valence-corrected chi connectivity index (χ2v) is 6.80. The first kappa shape index (κ1) is 21.8. The number of hydrogen-bond donors (Lipinski definition) is 1. The summed E-state index contributed by atoms with van der Waals surface area (Å²) >= 11 is 0. The molecular weight excluding hydrogens is 394 g/mol. The van der Waals surface area contributed by atoms with Gasteiger partial charge in [-0.15, -0.1) is 0 Å². The summed E-state index contributed by atoms with van der Waals surface area (Å²) in [7, 11) is 0. The largest absolute Gasteiger partial charge is 0.462 e. The number of para-hydroxylation sites is 1. The van der Waals surface area contributed by atoms with E-state index in [9.17, 15) is 14.4 Å². The van der Waals surface area contributed by atoms with Crippen molar-refractivity contribution in [3.05, 3.63) is 89.5 Å². The third-order valence-corrected chi connectivity index (χ3v) is 4.54. The van der Waals surface area contributed by atoms with Crippen LogP contribution in [0.3, 0.4) is 0 Å². The molecule has 0 heterocycles. The molecule has 3 aromatic carbocycles. The third kappa shape index (κ3) is 5.57. The van der Waals surface area contributed by atoms with Crippen LogP contribution >= 0.6 is 0 Å². The van der Waals surface area contributed by atoms with E-state index in [0.29, 0.717) is 11.3 Å². The summed E-state index contributed by atoms with van der Waals surface area (Å²) in [5.41, 5.74) is 3.61. The van der Waals surface area contributed by atoms with E-state index < -0.39 is 24.5 Å². The van der Waals surface area contributed by atoms with Gasteiger partial charge in [0.1, 0.15) is 0 Å². The van der Waals surface area contributed by atoms with E-state index in [1.54, 1.807) is 43.3 Å². The van der Waals surface area contributed by atoms with Crippen molar-refractivity contribution in [3.8, 4) is 11.1 Å². The Morgan fingerprint density at radius 2 is 1.39 bits per heavy atom. The van der Waals surface area contributed by atoms with Crippen LogP contribution in [0.4, 0.5) is 5.69 Å². The average Bonchev–Trinajstić information content (AvgIpc) is 2.78. The molecule has 0 saturated carbocycles. The lowest BCUT2D eigenvalue weighted by atomic mass is 9.99. The Bertz CT molecular complexity index is 1090. The van der Waals surface area contributed by atoms with Crippen molar-refractivity contribution in [2.45, 2.75) is 13.8 Å². The minimum atomic E-state index is -0.606. The Morgan fingerprint density at radius 3 is 2.10 bits per heavy atom. The summed E-state index contributed by atoms with van der Waals surface area (Å²) < 4.78 is 10.2. The van der Waals surface area contributed by atoms with Crippen molar-refractivity contribution in [2.24, 2.45) is 0 Å². The number of carbonyl (C=O) groups is 3. The van der Waals surface area contributed by atoms with Gasteiger partial charge in [-0.1, -0.05) is 60.2 Å². The molecule has 1 amide bonds. The van der Waals surface area contributed by atoms with Crippen LogP contribution in [0.1, 0.15) is 33.2 Å². The highest BCUT2D eigenvalue weighted by Crippen LogP contribution is 2.25. The standard InChI is InChI=1S/C25H23NO5/c1-3-30-25(29)21-10-6-7-11-22(21)26-23(27)16-31-24(28)20-9-5-4-8-19(20)18-14-12-17(2)13-15-18/h4-15H,3,16H2,1-2H3,(H,26,27). The van der Waals surface area contributed by atoms with Gasteiger partial charge in [-0.2, -0.15) is 0 Å². The normalized spacial score (nSPS) is 10.3. The van der Waals surface area contributed by atoms with Gasteiger partial charge in [-0.3, -0.25) is 4.79 Å². The van der Waals surface area contributed by atoms with Crippen LogP contribution in [0.15, 0.2) is 72.8 Å². The summed E-state index contributed by atoms with van der Waals surface area (Å²) in [6, 6.07) is 21.3. The third-order valence-electron chi connectivity index (χ3n) is 4.54. The Labute approximate surface area is 180 Å². The van der Waals surface area contributed by atoms with E-state index in [1.165, 1.54) is 0 Å². The molecule has 0 aliphatic heterocycles. The maximum atomic E-state index is 12.6. The molecule has 0 aliphatic rings. The van der Waals surface area contributed by atoms with Crippen LogP contribution in [-0.4, -0.2) is 31.1 Å². The molecule has 158 valence electrons. The van der Waals surface area contributed by atoms with Crippen molar-refractivity contribution < 1.29 is 23.9 Å². The van der Waals surface area contributed by atoms with Crippen LogP contribution in [0.5, 0.6) is 0 Å². The van der Waals surface area contributed by atoms with Crippen LogP contribution in [0.25, 0.3) is 11.1 Å². The van der Waals surface area contributed by atoms with E-state index in [-0.39, 0.29) is 12.2 Å². The number of benzene rings is 3. The van der Waals surface area contributed by atoms with Crippen molar-refractivity contribution in [1.29, 1.82) is 0 Å². The molecule has 0 bridgehead atoms. The molecule has 0 saturated heterocycles.